The summed E-state index contributed by atoms with van der Waals surface area (Å²) in [7, 11) is 2.09. The number of hydrogen-bond acceptors (Lipinski definition) is 3. The van der Waals surface area contributed by atoms with Gasteiger partial charge in [-0.25, -0.2) is 9.18 Å². The monoisotopic (exact) mass is 292 g/mol. The first-order chi connectivity index (χ1) is 9.95. The van der Waals surface area contributed by atoms with Crippen LogP contribution < -0.4 is 4.90 Å². The van der Waals surface area contributed by atoms with E-state index in [4.69, 9.17) is 5.11 Å². The van der Waals surface area contributed by atoms with E-state index in [1.165, 1.54) is 18.2 Å². The molecule has 114 valence electrons. The molecule has 1 aliphatic heterocycles. The summed E-state index contributed by atoms with van der Waals surface area (Å²) in [5.74, 6) is -1.38. The molecular weight excluding hydrogens is 271 g/mol. The van der Waals surface area contributed by atoms with Gasteiger partial charge in [0.25, 0.3) is 0 Å². The van der Waals surface area contributed by atoms with Crippen molar-refractivity contribution in [2.45, 2.75) is 19.4 Å². The van der Waals surface area contributed by atoms with Crippen molar-refractivity contribution in [3.63, 3.8) is 0 Å². The maximum absolute atomic E-state index is 13.8. The van der Waals surface area contributed by atoms with Crippen LogP contribution in [0.2, 0.25) is 0 Å². The Hall–Kier alpha value is -1.88. The summed E-state index contributed by atoms with van der Waals surface area (Å²) >= 11 is 0. The minimum atomic E-state index is -1.04. The summed E-state index contributed by atoms with van der Waals surface area (Å²) in [6, 6.07) is 4.98. The second-order valence-corrected chi connectivity index (χ2v) is 5.57. The molecule has 1 unspecified atom stereocenters. The highest BCUT2D eigenvalue weighted by molar-refractivity contribution is 5.85. The molecule has 0 spiro atoms. The smallest absolute Gasteiger partial charge is 0.328 e. The number of halogens is 1. The van der Waals surface area contributed by atoms with Crippen molar-refractivity contribution in [2.75, 3.05) is 31.6 Å². The number of carboxylic acids is 1. The average Bonchev–Trinajstić information content (AvgIpc) is 2.56. The maximum atomic E-state index is 13.8. The second kappa shape index (κ2) is 6.72. The Kier molecular flexibility index (Phi) is 4.96. The van der Waals surface area contributed by atoms with Gasteiger partial charge in [0.15, 0.2) is 0 Å². The van der Waals surface area contributed by atoms with Gasteiger partial charge in [0, 0.05) is 30.9 Å². The van der Waals surface area contributed by atoms with E-state index in [1.807, 2.05) is 6.07 Å². The third-order valence-corrected chi connectivity index (χ3v) is 3.70. The maximum Gasteiger partial charge on any atom is 0.328 e. The topological polar surface area (TPSA) is 43.8 Å². The van der Waals surface area contributed by atoms with Gasteiger partial charge in [-0.1, -0.05) is 0 Å². The van der Waals surface area contributed by atoms with Crippen LogP contribution in [0.5, 0.6) is 0 Å². The van der Waals surface area contributed by atoms with Crippen LogP contribution in [0.3, 0.4) is 0 Å². The zero-order valence-electron chi connectivity index (χ0n) is 12.4. The number of benzene rings is 1. The number of rotatable bonds is 3. The van der Waals surface area contributed by atoms with E-state index >= 15 is 0 Å². The summed E-state index contributed by atoms with van der Waals surface area (Å²) in [6.07, 6.45) is 3.47. The zero-order valence-corrected chi connectivity index (χ0v) is 12.4. The van der Waals surface area contributed by atoms with Crippen LogP contribution in [0.4, 0.5) is 10.1 Å². The van der Waals surface area contributed by atoms with Crippen LogP contribution in [0.25, 0.3) is 6.08 Å². The van der Waals surface area contributed by atoms with Gasteiger partial charge in [0.1, 0.15) is 5.82 Å². The van der Waals surface area contributed by atoms with Crippen LogP contribution in [-0.4, -0.2) is 48.7 Å². The Bertz CT molecular complexity index is 545. The molecule has 0 bridgehead atoms. The van der Waals surface area contributed by atoms with Crippen LogP contribution >= 0.6 is 0 Å². The van der Waals surface area contributed by atoms with Crippen LogP contribution in [-0.2, 0) is 4.79 Å². The first kappa shape index (κ1) is 15.5. The third kappa shape index (κ3) is 4.29. The summed E-state index contributed by atoms with van der Waals surface area (Å²) in [5.41, 5.74) is 1.38. The number of carboxylic acid groups (broad SMARTS) is 1. The number of aliphatic carboxylic acids is 1. The fourth-order valence-corrected chi connectivity index (χ4v) is 2.78. The van der Waals surface area contributed by atoms with Gasteiger partial charge in [0.05, 0.1) is 0 Å². The molecule has 1 saturated heterocycles. The molecule has 1 aliphatic rings. The second-order valence-electron chi connectivity index (χ2n) is 5.57. The van der Waals surface area contributed by atoms with E-state index < -0.39 is 5.97 Å². The highest BCUT2D eigenvalue weighted by Gasteiger charge is 2.20. The Labute approximate surface area is 124 Å². The van der Waals surface area contributed by atoms with Crippen molar-refractivity contribution < 1.29 is 14.3 Å². The molecule has 1 aromatic rings. The van der Waals surface area contributed by atoms with Crippen LogP contribution in [0.15, 0.2) is 24.3 Å². The number of anilines is 1. The fraction of sp³-hybridized carbons (Fsp3) is 0.438. The minimum absolute atomic E-state index is 0.288. The SMILES string of the molecule is CC1CN(C)CCCN1c1cc(F)cc(/C=C/C(=O)O)c1. The highest BCUT2D eigenvalue weighted by atomic mass is 19.1. The van der Waals surface area contributed by atoms with E-state index in [0.29, 0.717) is 5.56 Å². The summed E-state index contributed by atoms with van der Waals surface area (Å²) in [5, 5.41) is 8.67. The van der Waals surface area contributed by atoms with E-state index in [2.05, 4.69) is 23.8 Å². The predicted molar refractivity (Wildman–Crippen MR) is 82.0 cm³/mol. The number of hydrogen-bond donors (Lipinski definition) is 1. The van der Waals surface area contributed by atoms with Gasteiger partial charge in [-0.3, -0.25) is 0 Å². The zero-order chi connectivity index (χ0) is 15.4. The molecule has 5 heteroatoms. The molecule has 1 fully saturated rings. The molecule has 21 heavy (non-hydrogen) atoms. The molecule has 1 aromatic carbocycles. The minimum Gasteiger partial charge on any atom is -0.478 e. The van der Waals surface area contributed by atoms with Crippen LogP contribution in [0, 0.1) is 5.82 Å². The standard InChI is InChI=1S/C16H21FN2O2/c1-12-11-18(2)6-3-7-19(12)15-9-13(4-5-16(20)21)8-14(17)10-15/h4-5,8-10,12H,3,6-7,11H2,1-2H3,(H,20,21)/b5-4+. The van der Waals surface area contributed by atoms with E-state index in [0.717, 1.165) is 37.8 Å². The molecule has 2 rings (SSSR count). The van der Waals surface area contributed by atoms with Gasteiger partial charge in [0.2, 0.25) is 0 Å². The van der Waals surface area contributed by atoms with Gasteiger partial charge in [-0.15, -0.1) is 0 Å². The Morgan fingerprint density at radius 1 is 1.38 bits per heavy atom. The Morgan fingerprint density at radius 3 is 2.86 bits per heavy atom. The largest absolute Gasteiger partial charge is 0.478 e. The lowest BCUT2D eigenvalue weighted by molar-refractivity contribution is -0.131. The molecule has 4 nitrogen and oxygen atoms in total. The van der Waals surface area contributed by atoms with E-state index in [1.54, 1.807) is 0 Å². The lowest BCUT2D eigenvalue weighted by Crippen LogP contribution is -2.38. The molecule has 0 amide bonds. The van der Waals surface area contributed by atoms with Crippen molar-refractivity contribution in [3.05, 3.63) is 35.7 Å². The Balaban J connectivity index is 2.27. The molecule has 0 radical (unpaired) electrons. The quantitative estimate of drug-likeness (QED) is 0.869. The van der Waals surface area contributed by atoms with E-state index in [9.17, 15) is 9.18 Å². The summed E-state index contributed by atoms with van der Waals surface area (Å²) < 4.78 is 13.8. The third-order valence-electron chi connectivity index (χ3n) is 3.70. The molecule has 0 saturated carbocycles. The first-order valence-electron chi connectivity index (χ1n) is 7.12. The molecule has 0 aromatic heterocycles. The summed E-state index contributed by atoms with van der Waals surface area (Å²) in [6.45, 7) is 4.95. The molecular formula is C16H21FN2O2. The lowest BCUT2D eigenvalue weighted by atomic mass is 10.1. The van der Waals surface area contributed by atoms with Crippen molar-refractivity contribution >= 4 is 17.7 Å². The summed E-state index contributed by atoms with van der Waals surface area (Å²) in [4.78, 5) is 15.0. The van der Waals surface area contributed by atoms with Crippen molar-refractivity contribution in [3.8, 4) is 0 Å². The predicted octanol–water partition coefficient (Wildman–Crippen LogP) is 2.45. The van der Waals surface area contributed by atoms with Gasteiger partial charge in [-0.05, 0) is 56.8 Å². The molecule has 1 N–H and O–H groups in total. The van der Waals surface area contributed by atoms with Crippen molar-refractivity contribution in [1.82, 2.24) is 4.90 Å². The van der Waals surface area contributed by atoms with E-state index in [-0.39, 0.29) is 11.9 Å². The number of carbonyl (C=O) groups is 1. The van der Waals surface area contributed by atoms with Crippen LogP contribution in [0.1, 0.15) is 18.9 Å². The Morgan fingerprint density at radius 2 is 2.14 bits per heavy atom. The lowest BCUT2D eigenvalue weighted by Gasteiger charge is -2.30. The highest BCUT2D eigenvalue weighted by Crippen LogP contribution is 2.23. The number of nitrogens with zero attached hydrogens (tertiary/aromatic N) is 2. The fourth-order valence-electron chi connectivity index (χ4n) is 2.78. The first-order valence-corrected chi connectivity index (χ1v) is 7.12. The van der Waals surface area contributed by atoms with Gasteiger partial charge in [-0.2, -0.15) is 0 Å². The van der Waals surface area contributed by atoms with Gasteiger partial charge < -0.3 is 14.9 Å². The number of likely N-dealkylation sites (N-methyl/N-ethyl adjacent to an activating group) is 1. The average molecular weight is 292 g/mol. The van der Waals surface area contributed by atoms with Gasteiger partial charge >= 0.3 is 5.97 Å². The van der Waals surface area contributed by atoms with Crippen molar-refractivity contribution in [2.24, 2.45) is 0 Å². The molecule has 1 heterocycles. The molecule has 1 atom stereocenters. The normalized spacial score (nSPS) is 20.7. The van der Waals surface area contributed by atoms with Crippen molar-refractivity contribution in [1.29, 1.82) is 0 Å². The molecule has 0 aliphatic carbocycles.